The summed E-state index contributed by atoms with van der Waals surface area (Å²) in [6.07, 6.45) is 0.164. The van der Waals surface area contributed by atoms with Gasteiger partial charge in [-0.3, -0.25) is 13.9 Å². The number of carbonyl (C=O) groups is 1. The maximum Gasteiger partial charge on any atom is 0.296 e. The molecule has 0 aromatic heterocycles. The summed E-state index contributed by atoms with van der Waals surface area (Å²) in [6.45, 7) is 1.33. The lowest BCUT2D eigenvalue weighted by Gasteiger charge is -2.12. The highest BCUT2D eigenvalue weighted by atomic mass is 35.5. The number of halogens is 2. The zero-order valence-corrected chi connectivity index (χ0v) is 17.6. The van der Waals surface area contributed by atoms with Crippen molar-refractivity contribution in [2.45, 2.75) is 29.9 Å². The topological polar surface area (TPSA) is 126 Å². The van der Waals surface area contributed by atoms with Crippen LogP contribution in [0.15, 0.2) is 41.3 Å². The van der Waals surface area contributed by atoms with Gasteiger partial charge in [0.25, 0.3) is 20.2 Å². The Balaban J connectivity index is 2.44. The quantitative estimate of drug-likeness (QED) is 0.470. The first-order chi connectivity index (χ1) is 12.8. The van der Waals surface area contributed by atoms with E-state index in [1.807, 2.05) is 0 Å². The van der Waals surface area contributed by atoms with Gasteiger partial charge in [-0.2, -0.15) is 16.8 Å². The lowest BCUT2D eigenvalue weighted by Crippen LogP contribution is -2.18. The van der Waals surface area contributed by atoms with E-state index in [2.05, 4.69) is 0 Å². The minimum atomic E-state index is -4.63. The molecule has 0 bridgehead atoms. The molecular weight excluding hydrogens is 451 g/mol. The Hall–Kier alpha value is -1.49. The van der Waals surface area contributed by atoms with Gasteiger partial charge in [-0.25, -0.2) is 0 Å². The summed E-state index contributed by atoms with van der Waals surface area (Å²) in [5, 5.41) is -0.964. The largest absolute Gasteiger partial charge is 0.296 e. The molecule has 0 saturated heterocycles. The van der Waals surface area contributed by atoms with Crippen LogP contribution in [0.3, 0.4) is 0 Å². The number of rotatable bonds is 7. The lowest BCUT2D eigenvalue weighted by atomic mass is 9.95. The molecule has 0 heterocycles. The molecule has 0 aliphatic carbocycles. The highest BCUT2D eigenvalue weighted by molar-refractivity contribution is 7.86. The average molecular weight is 467 g/mol. The SMILES string of the molecule is CC(CCc1cc(Cl)ccc1C(=O)c1ccc(Cl)c(S(=O)(=O)O)c1)S(=O)(=O)O. The van der Waals surface area contributed by atoms with Crippen molar-refractivity contribution < 1.29 is 30.7 Å². The van der Waals surface area contributed by atoms with Crippen LogP contribution in [0.4, 0.5) is 0 Å². The van der Waals surface area contributed by atoms with Crippen LogP contribution in [0.25, 0.3) is 0 Å². The molecule has 1 atom stereocenters. The first-order valence-electron chi connectivity index (χ1n) is 7.87. The summed E-state index contributed by atoms with van der Waals surface area (Å²) in [4.78, 5) is 12.3. The summed E-state index contributed by atoms with van der Waals surface area (Å²) in [6, 6.07) is 7.82. The van der Waals surface area contributed by atoms with E-state index in [1.54, 1.807) is 0 Å². The summed E-state index contributed by atoms with van der Waals surface area (Å²) in [7, 11) is -8.85. The van der Waals surface area contributed by atoms with Crippen LogP contribution in [0.1, 0.15) is 34.8 Å². The molecule has 7 nitrogen and oxygen atoms in total. The molecule has 2 aromatic carbocycles. The standard InChI is InChI=1S/C17H16Cl2O7S2/c1-10(27(21,22)23)2-3-11-8-13(18)5-6-14(11)17(20)12-4-7-15(19)16(9-12)28(24,25)26/h4-10H,2-3H2,1H3,(H,21,22,23)(H,24,25,26). The minimum Gasteiger partial charge on any atom is -0.289 e. The number of benzene rings is 2. The second-order valence-corrected chi connectivity index (χ2v) is 10.2. The van der Waals surface area contributed by atoms with Crippen LogP contribution < -0.4 is 0 Å². The Kier molecular flexibility index (Phi) is 6.90. The molecule has 2 rings (SSSR count). The van der Waals surface area contributed by atoms with E-state index in [9.17, 15) is 26.2 Å². The first kappa shape index (κ1) is 22.8. The third kappa shape index (κ3) is 5.53. The molecule has 11 heteroatoms. The van der Waals surface area contributed by atoms with E-state index in [1.165, 1.54) is 37.3 Å². The smallest absolute Gasteiger partial charge is 0.289 e. The molecule has 0 saturated carbocycles. The Morgan fingerprint density at radius 2 is 1.68 bits per heavy atom. The molecule has 28 heavy (non-hydrogen) atoms. The van der Waals surface area contributed by atoms with Gasteiger partial charge in [0, 0.05) is 16.1 Å². The normalized spacial score (nSPS) is 13.3. The van der Waals surface area contributed by atoms with Crippen LogP contribution in [-0.2, 0) is 26.7 Å². The zero-order valence-electron chi connectivity index (χ0n) is 14.5. The highest BCUT2D eigenvalue weighted by Gasteiger charge is 2.22. The molecule has 2 aromatic rings. The fourth-order valence-corrected chi connectivity index (χ4v) is 4.11. The average Bonchev–Trinajstić information content (AvgIpc) is 2.57. The number of carbonyl (C=O) groups excluding carboxylic acids is 1. The Morgan fingerprint density at radius 3 is 2.25 bits per heavy atom. The summed E-state index contributed by atoms with van der Waals surface area (Å²) < 4.78 is 63.5. The fourth-order valence-electron chi connectivity index (χ4n) is 2.50. The summed E-state index contributed by atoms with van der Waals surface area (Å²) >= 11 is 11.7. The van der Waals surface area contributed by atoms with Gasteiger partial charge in [0.15, 0.2) is 5.78 Å². The Bertz CT molecular complexity index is 1130. The van der Waals surface area contributed by atoms with E-state index >= 15 is 0 Å². The van der Waals surface area contributed by atoms with Crippen LogP contribution in [0.5, 0.6) is 0 Å². The molecule has 152 valence electrons. The second-order valence-electron chi connectivity index (χ2n) is 6.12. The van der Waals surface area contributed by atoms with Crippen molar-refractivity contribution in [3.63, 3.8) is 0 Å². The third-order valence-electron chi connectivity index (χ3n) is 4.11. The molecule has 0 aliphatic rings. The number of hydrogen-bond donors (Lipinski definition) is 2. The van der Waals surface area contributed by atoms with E-state index in [4.69, 9.17) is 27.8 Å². The van der Waals surface area contributed by atoms with Crippen LogP contribution in [-0.4, -0.2) is 37.0 Å². The maximum atomic E-state index is 12.9. The van der Waals surface area contributed by atoms with Gasteiger partial charge in [-0.1, -0.05) is 23.2 Å². The third-order valence-corrected chi connectivity index (χ3v) is 6.93. The van der Waals surface area contributed by atoms with Gasteiger partial charge >= 0.3 is 0 Å². The Morgan fingerprint density at radius 1 is 1.04 bits per heavy atom. The van der Waals surface area contributed by atoms with Gasteiger partial charge in [0.2, 0.25) is 0 Å². The second kappa shape index (κ2) is 8.48. The molecule has 0 spiro atoms. The predicted octanol–water partition coefficient (Wildman–Crippen LogP) is 3.68. The van der Waals surface area contributed by atoms with Crippen molar-refractivity contribution >= 4 is 49.2 Å². The van der Waals surface area contributed by atoms with Crippen LogP contribution in [0.2, 0.25) is 10.0 Å². The van der Waals surface area contributed by atoms with Crippen molar-refractivity contribution in [1.29, 1.82) is 0 Å². The predicted molar refractivity (Wildman–Crippen MR) is 105 cm³/mol. The summed E-state index contributed by atoms with van der Waals surface area (Å²) in [5.41, 5.74) is 0.565. The lowest BCUT2D eigenvalue weighted by molar-refractivity contribution is 0.103. The molecular formula is C17H16Cl2O7S2. The molecule has 2 N–H and O–H groups in total. The zero-order chi connectivity index (χ0) is 21.3. The van der Waals surface area contributed by atoms with E-state index < -0.39 is 36.2 Å². The van der Waals surface area contributed by atoms with Gasteiger partial charge in [-0.05, 0) is 61.7 Å². The van der Waals surface area contributed by atoms with E-state index in [-0.39, 0.29) is 29.0 Å². The van der Waals surface area contributed by atoms with E-state index in [0.717, 1.165) is 6.07 Å². The van der Waals surface area contributed by atoms with Crippen molar-refractivity contribution in [3.8, 4) is 0 Å². The Labute approximate surface area is 172 Å². The van der Waals surface area contributed by atoms with Crippen LogP contribution >= 0.6 is 23.2 Å². The van der Waals surface area contributed by atoms with Crippen molar-refractivity contribution in [3.05, 3.63) is 63.1 Å². The van der Waals surface area contributed by atoms with Gasteiger partial charge in [0.05, 0.1) is 10.3 Å². The molecule has 0 radical (unpaired) electrons. The van der Waals surface area contributed by atoms with Gasteiger partial charge in [0.1, 0.15) is 4.90 Å². The number of ketones is 1. The van der Waals surface area contributed by atoms with Crippen molar-refractivity contribution in [1.82, 2.24) is 0 Å². The fraction of sp³-hybridized carbons (Fsp3) is 0.235. The highest BCUT2D eigenvalue weighted by Crippen LogP contribution is 2.26. The number of aryl methyl sites for hydroxylation is 1. The molecule has 1 unspecified atom stereocenters. The molecule has 0 aliphatic heterocycles. The molecule has 0 amide bonds. The van der Waals surface area contributed by atoms with Gasteiger partial charge in [-0.15, -0.1) is 0 Å². The monoisotopic (exact) mass is 466 g/mol. The maximum absolute atomic E-state index is 12.9. The number of hydrogen-bond acceptors (Lipinski definition) is 5. The van der Waals surface area contributed by atoms with Crippen LogP contribution in [0, 0.1) is 0 Å². The first-order valence-corrected chi connectivity index (χ1v) is 11.6. The summed E-state index contributed by atoms with van der Waals surface area (Å²) in [5.74, 6) is -0.562. The van der Waals surface area contributed by atoms with Crippen molar-refractivity contribution in [2.24, 2.45) is 0 Å². The van der Waals surface area contributed by atoms with Crippen molar-refractivity contribution in [2.75, 3.05) is 0 Å². The van der Waals surface area contributed by atoms with Gasteiger partial charge < -0.3 is 0 Å². The minimum absolute atomic E-state index is 0.0380. The van der Waals surface area contributed by atoms with E-state index in [0.29, 0.717) is 10.6 Å². The molecule has 0 fully saturated rings.